The molecule has 5 nitrogen and oxygen atoms in total. The summed E-state index contributed by atoms with van der Waals surface area (Å²) in [5.74, 6) is 0.287. The van der Waals surface area contributed by atoms with E-state index in [0.29, 0.717) is 17.9 Å². The maximum atomic E-state index is 12.1. The van der Waals surface area contributed by atoms with Crippen LogP contribution in [-0.4, -0.2) is 46.2 Å². The van der Waals surface area contributed by atoms with Crippen molar-refractivity contribution in [3.05, 3.63) is 29.8 Å². The van der Waals surface area contributed by atoms with Gasteiger partial charge in [0.1, 0.15) is 10.7 Å². The summed E-state index contributed by atoms with van der Waals surface area (Å²) in [7, 11) is 0. The molecular formula is C15H22N2O3S. The Bertz CT molecular complexity index is 512. The molecule has 0 heterocycles. The zero-order valence-corrected chi connectivity index (χ0v) is 13.4. The number of carbonyl (C=O) groups excluding carboxylic acids is 1. The SMILES string of the molecule is CCN(CC(C)(C)O)C(=O)COc1ccccc1C(N)=S. The van der Waals surface area contributed by atoms with E-state index in [-0.39, 0.29) is 24.0 Å². The Morgan fingerprint density at radius 1 is 1.43 bits per heavy atom. The van der Waals surface area contributed by atoms with Crippen LogP contribution in [0.25, 0.3) is 0 Å². The van der Waals surface area contributed by atoms with Gasteiger partial charge in [0.15, 0.2) is 6.61 Å². The Balaban J connectivity index is 2.70. The Labute approximate surface area is 130 Å². The van der Waals surface area contributed by atoms with Crippen molar-refractivity contribution in [1.29, 1.82) is 0 Å². The second kappa shape index (κ2) is 7.38. The summed E-state index contributed by atoms with van der Waals surface area (Å²) in [6, 6.07) is 7.05. The summed E-state index contributed by atoms with van der Waals surface area (Å²) in [6.45, 7) is 5.81. The first kappa shape index (κ1) is 17.4. The summed E-state index contributed by atoms with van der Waals surface area (Å²) in [6.07, 6.45) is 0. The smallest absolute Gasteiger partial charge is 0.260 e. The van der Waals surface area contributed by atoms with Gasteiger partial charge in [0.25, 0.3) is 5.91 Å². The van der Waals surface area contributed by atoms with E-state index in [1.807, 2.05) is 6.92 Å². The summed E-state index contributed by atoms with van der Waals surface area (Å²) < 4.78 is 5.52. The lowest BCUT2D eigenvalue weighted by molar-refractivity contribution is -0.136. The number of aliphatic hydroxyl groups is 1. The van der Waals surface area contributed by atoms with Gasteiger partial charge in [0.2, 0.25) is 0 Å². The molecule has 1 amide bonds. The van der Waals surface area contributed by atoms with Crippen molar-refractivity contribution in [3.8, 4) is 5.75 Å². The highest BCUT2D eigenvalue weighted by atomic mass is 32.1. The lowest BCUT2D eigenvalue weighted by Crippen LogP contribution is -2.44. The normalized spacial score (nSPS) is 11.0. The van der Waals surface area contributed by atoms with Gasteiger partial charge in [0.05, 0.1) is 11.2 Å². The largest absolute Gasteiger partial charge is 0.483 e. The van der Waals surface area contributed by atoms with Crippen LogP contribution >= 0.6 is 12.2 Å². The van der Waals surface area contributed by atoms with Crippen molar-refractivity contribution in [2.24, 2.45) is 5.73 Å². The molecule has 0 aliphatic carbocycles. The van der Waals surface area contributed by atoms with Gasteiger partial charge < -0.3 is 20.5 Å². The molecular weight excluding hydrogens is 288 g/mol. The second-order valence-electron chi connectivity index (χ2n) is 5.37. The van der Waals surface area contributed by atoms with Crippen molar-refractivity contribution in [3.63, 3.8) is 0 Å². The molecule has 0 saturated carbocycles. The van der Waals surface area contributed by atoms with E-state index in [2.05, 4.69) is 0 Å². The van der Waals surface area contributed by atoms with Crippen LogP contribution in [0, 0.1) is 0 Å². The number of thiocarbonyl (C=S) groups is 1. The first-order valence-electron chi connectivity index (χ1n) is 6.76. The number of carbonyl (C=O) groups is 1. The Morgan fingerprint density at radius 3 is 2.57 bits per heavy atom. The Morgan fingerprint density at radius 2 is 2.05 bits per heavy atom. The van der Waals surface area contributed by atoms with E-state index in [9.17, 15) is 9.90 Å². The number of nitrogens with zero attached hydrogens (tertiary/aromatic N) is 1. The molecule has 0 saturated heterocycles. The molecule has 0 aliphatic rings. The van der Waals surface area contributed by atoms with Crippen molar-refractivity contribution in [2.45, 2.75) is 26.4 Å². The molecule has 6 heteroatoms. The van der Waals surface area contributed by atoms with Crippen LogP contribution in [-0.2, 0) is 4.79 Å². The van der Waals surface area contributed by atoms with Gasteiger partial charge in [-0.25, -0.2) is 0 Å². The predicted molar refractivity (Wildman–Crippen MR) is 86.4 cm³/mol. The third-order valence-corrected chi connectivity index (χ3v) is 3.04. The van der Waals surface area contributed by atoms with Crippen LogP contribution in [0.1, 0.15) is 26.3 Å². The lowest BCUT2D eigenvalue weighted by atomic mass is 10.1. The predicted octanol–water partition coefficient (Wildman–Crippen LogP) is 1.32. The van der Waals surface area contributed by atoms with Gasteiger partial charge >= 0.3 is 0 Å². The van der Waals surface area contributed by atoms with E-state index in [1.54, 1.807) is 43.0 Å². The quantitative estimate of drug-likeness (QED) is 0.743. The van der Waals surface area contributed by atoms with Gasteiger partial charge in [-0.3, -0.25) is 4.79 Å². The monoisotopic (exact) mass is 310 g/mol. The molecule has 0 spiro atoms. The second-order valence-corrected chi connectivity index (χ2v) is 5.81. The molecule has 0 fully saturated rings. The molecule has 0 radical (unpaired) electrons. The van der Waals surface area contributed by atoms with E-state index in [4.69, 9.17) is 22.7 Å². The highest BCUT2D eigenvalue weighted by molar-refractivity contribution is 7.80. The minimum atomic E-state index is -0.942. The fraction of sp³-hybridized carbons (Fsp3) is 0.467. The molecule has 1 rings (SSSR count). The van der Waals surface area contributed by atoms with Crippen LogP contribution in [0.15, 0.2) is 24.3 Å². The number of hydrogen-bond donors (Lipinski definition) is 2. The third kappa shape index (κ3) is 5.69. The van der Waals surface area contributed by atoms with Crippen LogP contribution in [0.5, 0.6) is 5.75 Å². The Hall–Kier alpha value is -1.66. The minimum absolute atomic E-state index is 0.121. The summed E-state index contributed by atoms with van der Waals surface area (Å²) >= 11 is 4.94. The minimum Gasteiger partial charge on any atom is -0.483 e. The summed E-state index contributed by atoms with van der Waals surface area (Å²) in [4.78, 5) is 13.9. The zero-order chi connectivity index (χ0) is 16.0. The van der Waals surface area contributed by atoms with Gasteiger partial charge in [-0.05, 0) is 32.9 Å². The zero-order valence-electron chi connectivity index (χ0n) is 12.6. The Kier molecular flexibility index (Phi) is 6.11. The summed E-state index contributed by atoms with van der Waals surface area (Å²) in [5, 5.41) is 9.80. The lowest BCUT2D eigenvalue weighted by Gasteiger charge is -2.28. The molecule has 0 unspecified atom stereocenters. The molecule has 0 bridgehead atoms. The van der Waals surface area contributed by atoms with Gasteiger partial charge in [-0.15, -0.1) is 0 Å². The van der Waals surface area contributed by atoms with Crippen molar-refractivity contribution >= 4 is 23.1 Å². The van der Waals surface area contributed by atoms with E-state index >= 15 is 0 Å². The topological polar surface area (TPSA) is 75.8 Å². The first-order valence-corrected chi connectivity index (χ1v) is 7.17. The van der Waals surface area contributed by atoms with Crippen molar-refractivity contribution in [2.75, 3.05) is 19.7 Å². The number of para-hydroxylation sites is 1. The van der Waals surface area contributed by atoms with Gasteiger partial charge in [-0.2, -0.15) is 0 Å². The van der Waals surface area contributed by atoms with Crippen molar-refractivity contribution < 1.29 is 14.6 Å². The number of likely N-dealkylation sites (N-methyl/N-ethyl adjacent to an activating group) is 1. The first-order chi connectivity index (χ1) is 9.74. The molecule has 1 aromatic carbocycles. The van der Waals surface area contributed by atoms with Crippen LogP contribution in [0.2, 0.25) is 0 Å². The van der Waals surface area contributed by atoms with Crippen molar-refractivity contribution in [1.82, 2.24) is 4.90 Å². The molecule has 116 valence electrons. The van der Waals surface area contributed by atoms with E-state index in [1.165, 1.54) is 0 Å². The summed E-state index contributed by atoms with van der Waals surface area (Å²) in [5.41, 5.74) is 5.27. The van der Waals surface area contributed by atoms with E-state index < -0.39 is 5.60 Å². The molecule has 21 heavy (non-hydrogen) atoms. The number of ether oxygens (including phenoxy) is 1. The van der Waals surface area contributed by atoms with Crippen LogP contribution in [0.3, 0.4) is 0 Å². The standard InChI is InChI=1S/C15H22N2O3S/c1-4-17(10-15(2,3)19)13(18)9-20-12-8-6-5-7-11(12)14(16)21/h5-8,19H,4,9-10H2,1-3H3,(H2,16,21). The third-order valence-electron chi connectivity index (χ3n) is 2.82. The van der Waals surface area contributed by atoms with Crippen LogP contribution in [0.4, 0.5) is 0 Å². The number of nitrogens with two attached hydrogens (primary N) is 1. The number of amides is 1. The fourth-order valence-electron chi connectivity index (χ4n) is 1.87. The molecule has 0 aliphatic heterocycles. The molecule has 0 aromatic heterocycles. The average molecular weight is 310 g/mol. The molecule has 0 atom stereocenters. The maximum Gasteiger partial charge on any atom is 0.260 e. The fourth-order valence-corrected chi connectivity index (χ4v) is 2.04. The van der Waals surface area contributed by atoms with E-state index in [0.717, 1.165) is 0 Å². The highest BCUT2D eigenvalue weighted by Crippen LogP contribution is 2.17. The molecule has 3 N–H and O–H groups in total. The maximum absolute atomic E-state index is 12.1. The van der Waals surface area contributed by atoms with Gasteiger partial charge in [-0.1, -0.05) is 24.4 Å². The van der Waals surface area contributed by atoms with Crippen LogP contribution < -0.4 is 10.5 Å². The number of rotatable bonds is 7. The molecule has 1 aromatic rings. The average Bonchev–Trinajstić information content (AvgIpc) is 2.41. The number of hydrogen-bond acceptors (Lipinski definition) is 4. The van der Waals surface area contributed by atoms with Gasteiger partial charge in [0, 0.05) is 13.1 Å². The highest BCUT2D eigenvalue weighted by Gasteiger charge is 2.21. The number of benzene rings is 1.